The highest BCUT2D eigenvalue weighted by Gasteiger charge is 2.28. The molecule has 126 valence electrons. The van der Waals surface area contributed by atoms with E-state index in [1.54, 1.807) is 0 Å². The number of aryl methyl sites for hydroxylation is 3. The maximum Gasteiger partial charge on any atom is 0.324 e. The van der Waals surface area contributed by atoms with E-state index in [2.05, 4.69) is 10.6 Å². The zero-order valence-corrected chi connectivity index (χ0v) is 13.9. The summed E-state index contributed by atoms with van der Waals surface area (Å²) in [6, 6.07) is 3.53. The van der Waals surface area contributed by atoms with Gasteiger partial charge in [-0.3, -0.25) is 14.5 Å². The Morgan fingerprint density at radius 2 is 1.96 bits per heavy atom. The van der Waals surface area contributed by atoms with Crippen molar-refractivity contribution >= 4 is 28.8 Å². The maximum atomic E-state index is 12.4. The van der Waals surface area contributed by atoms with Crippen LogP contribution in [0.4, 0.5) is 4.79 Å². The van der Waals surface area contributed by atoms with Gasteiger partial charge in [0.1, 0.15) is 5.58 Å². The van der Waals surface area contributed by atoms with Crippen LogP contribution < -0.4 is 10.6 Å². The zero-order valence-electron chi connectivity index (χ0n) is 13.9. The first-order chi connectivity index (χ1) is 11.4. The van der Waals surface area contributed by atoms with E-state index in [-0.39, 0.29) is 37.2 Å². The number of nitrogens with one attached hydrogen (secondary N) is 2. The number of urea groups is 1. The van der Waals surface area contributed by atoms with Crippen molar-refractivity contribution in [1.82, 2.24) is 15.5 Å². The monoisotopic (exact) mass is 329 g/mol. The predicted molar refractivity (Wildman–Crippen MR) is 87.9 cm³/mol. The first-order valence-electron chi connectivity index (χ1n) is 7.76. The Balaban J connectivity index is 1.74. The minimum Gasteiger partial charge on any atom is -0.450 e. The van der Waals surface area contributed by atoms with Gasteiger partial charge < -0.3 is 15.1 Å². The average molecular weight is 329 g/mol. The Morgan fingerprint density at radius 3 is 2.58 bits per heavy atom. The Bertz CT molecular complexity index is 837. The molecule has 2 N–H and O–H groups in total. The van der Waals surface area contributed by atoms with E-state index in [1.165, 1.54) is 0 Å². The third kappa shape index (κ3) is 2.62. The van der Waals surface area contributed by atoms with Gasteiger partial charge in [0.05, 0.1) is 6.54 Å². The van der Waals surface area contributed by atoms with Crippen molar-refractivity contribution in [3.63, 3.8) is 0 Å². The highest BCUT2D eigenvalue weighted by atomic mass is 16.3. The Labute approximate surface area is 139 Å². The van der Waals surface area contributed by atoms with Crippen LogP contribution in [0.5, 0.6) is 0 Å². The van der Waals surface area contributed by atoms with E-state index >= 15 is 0 Å². The third-order valence-electron chi connectivity index (χ3n) is 4.25. The van der Waals surface area contributed by atoms with Gasteiger partial charge in [-0.05, 0) is 31.9 Å². The molecule has 0 saturated carbocycles. The summed E-state index contributed by atoms with van der Waals surface area (Å²) in [5.74, 6) is -0.380. The van der Waals surface area contributed by atoms with E-state index in [9.17, 15) is 14.4 Å². The number of carbonyl (C=O) groups excluding carboxylic acids is 3. The molecular weight excluding hydrogens is 310 g/mol. The van der Waals surface area contributed by atoms with Crippen LogP contribution in [0.3, 0.4) is 0 Å². The largest absolute Gasteiger partial charge is 0.450 e. The number of furan rings is 1. The highest BCUT2D eigenvalue weighted by molar-refractivity contribution is 6.02. The lowest BCUT2D eigenvalue weighted by Gasteiger charge is -2.12. The van der Waals surface area contributed by atoms with Gasteiger partial charge in [0.2, 0.25) is 5.91 Å². The van der Waals surface area contributed by atoms with Gasteiger partial charge in [-0.25, -0.2) is 4.79 Å². The Morgan fingerprint density at radius 1 is 1.25 bits per heavy atom. The number of nitrogens with zero attached hydrogens (tertiary/aromatic N) is 1. The fourth-order valence-electron chi connectivity index (χ4n) is 2.93. The van der Waals surface area contributed by atoms with Gasteiger partial charge in [-0.15, -0.1) is 0 Å². The molecule has 0 atom stereocenters. The molecule has 7 nitrogen and oxygen atoms in total. The molecule has 0 aliphatic carbocycles. The number of amides is 4. The minimum absolute atomic E-state index is 0.00795. The molecule has 1 fully saturated rings. The molecule has 7 heteroatoms. The smallest absolute Gasteiger partial charge is 0.324 e. The van der Waals surface area contributed by atoms with Crippen molar-refractivity contribution in [3.8, 4) is 0 Å². The van der Waals surface area contributed by atoms with Crippen LogP contribution in [0.25, 0.3) is 11.0 Å². The van der Waals surface area contributed by atoms with Crippen LogP contribution in [-0.4, -0.2) is 42.4 Å². The van der Waals surface area contributed by atoms with E-state index < -0.39 is 6.03 Å². The molecule has 4 amide bonds. The van der Waals surface area contributed by atoms with Crippen molar-refractivity contribution in [2.75, 3.05) is 19.6 Å². The fraction of sp³-hybridized carbons (Fsp3) is 0.353. The van der Waals surface area contributed by atoms with Gasteiger partial charge in [0.25, 0.3) is 5.91 Å². The summed E-state index contributed by atoms with van der Waals surface area (Å²) >= 11 is 0. The second-order valence-electron chi connectivity index (χ2n) is 5.92. The molecule has 1 aromatic carbocycles. The molecule has 1 aliphatic heterocycles. The maximum absolute atomic E-state index is 12.4. The van der Waals surface area contributed by atoms with Crippen molar-refractivity contribution in [2.45, 2.75) is 20.8 Å². The van der Waals surface area contributed by atoms with Crippen LogP contribution in [0.2, 0.25) is 0 Å². The van der Waals surface area contributed by atoms with Crippen molar-refractivity contribution in [3.05, 3.63) is 34.6 Å². The number of hydrogen-bond donors (Lipinski definition) is 2. The molecule has 1 saturated heterocycles. The molecule has 2 heterocycles. The van der Waals surface area contributed by atoms with E-state index in [4.69, 9.17) is 4.42 Å². The standard InChI is InChI=1S/C17H19N3O4/c1-9-4-5-10(2)14-13(9)11(3)15(24-14)16(22)18-6-7-20-12(21)8-19-17(20)23/h4-5H,6-8H2,1-3H3,(H,18,22)(H,19,23). The topological polar surface area (TPSA) is 91.7 Å². The third-order valence-corrected chi connectivity index (χ3v) is 4.25. The van der Waals surface area contributed by atoms with E-state index in [1.807, 2.05) is 32.9 Å². The molecular formula is C17H19N3O4. The minimum atomic E-state index is -0.430. The molecule has 0 unspecified atom stereocenters. The van der Waals surface area contributed by atoms with Gasteiger partial charge in [0, 0.05) is 24.0 Å². The number of carbonyl (C=O) groups is 3. The van der Waals surface area contributed by atoms with E-state index in [0.717, 1.165) is 27.0 Å². The molecule has 2 aromatic rings. The number of benzene rings is 1. The summed E-state index contributed by atoms with van der Waals surface area (Å²) in [4.78, 5) is 36.4. The van der Waals surface area contributed by atoms with Crippen LogP contribution in [0, 0.1) is 20.8 Å². The SMILES string of the molecule is Cc1ccc(C)c2c(C)c(C(=O)NCCN3C(=O)CNC3=O)oc12. The summed E-state index contributed by atoms with van der Waals surface area (Å²) in [6.45, 7) is 6.08. The number of imide groups is 1. The molecule has 0 spiro atoms. The Kier molecular flexibility index (Phi) is 4.01. The van der Waals surface area contributed by atoms with Crippen LogP contribution in [-0.2, 0) is 4.79 Å². The first-order valence-corrected chi connectivity index (χ1v) is 7.76. The first kappa shape index (κ1) is 16.0. The van der Waals surface area contributed by atoms with Crippen LogP contribution in [0.1, 0.15) is 27.2 Å². The highest BCUT2D eigenvalue weighted by Crippen LogP contribution is 2.30. The normalized spacial score (nSPS) is 14.4. The molecule has 0 radical (unpaired) electrons. The molecule has 0 bridgehead atoms. The second kappa shape index (κ2) is 5.99. The Hall–Kier alpha value is -2.83. The fourth-order valence-corrected chi connectivity index (χ4v) is 2.93. The molecule has 24 heavy (non-hydrogen) atoms. The zero-order chi connectivity index (χ0) is 17.4. The summed E-state index contributed by atoms with van der Waals surface area (Å²) < 4.78 is 5.77. The van der Waals surface area contributed by atoms with E-state index in [0.29, 0.717) is 5.58 Å². The second-order valence-corrected chi connectivity index (χ2v) is 5.92. The quantitative estimate of drug-likeness (QED) is 0.834. The van der Waals surface area contributed by atoms with Gasteiger partial charge in [0.15, 0.2) is 5.76 Å². The molecule has 3 rings (SSSR count). The number of rotatable bonds is 4. The van der Waals surface area contributed by atoms with Gasteiger partial charge >= 0.3 is 6.03 Å². The van der Waals surface area contributed by atoms with Crippen molar-refractivity contribution in [2.24, 2.45) is 0 Å². The summed E-state index contributed by atoms with van der Waals surface area (Å²) in [6.07, 6.45) is 0. The summed E-state index contributed by atoms with van der Waals surface area (Å²) in [5.41, 5.74) is 3.53. The predicted octanol–water partition coefficient (Wildman–Crippen LogP) is 1.64. The van der Waals surface area contributed by atoms with Crippen LogP contribution >= 0.6 is 0 Å². The average Bonchev–Trinajstić information content (AvgIpc) is 3.06. The van der Waals surface area contributed by atoms with Gasteiger partial charge in [-0.2, -0.15) is 0 Å². The van der Waals surface area contributed by atoms with Crippen molar-refractivity contribution in [1.29, 1.82) is 0 Å². The summed E-state index contributed by atoms with van der Waals surface area (Å²) in [7, 11) is 0. The lowest BCUT2D eigenvalue weighted by atomic mass is 10.0. The number of hydrogen-bond acceptors (Lipinski definition) is 4. The molecule has 1 aliphatic rings. The number of fused-ring (bicyclic) bond motifs is 1. The lowest BCUT2D eigenvalue weighted by molar-refractivity contribution is -0.124. The van der Waals surface area contributed by atoms with Crippen LogP contribution in [0.15, 0.2) is 16.5 Å². The van der Waals surface area contributed by atoms with Crippen molar-refractivity contribution < 1.29 is 18.8 Å². The summed E-state index contributed by atoms with van der Waals surface area (Å²) in [5, 5.41) is 6.09. The van der Waals surface area contributed by atoms with Gasteiger partial charge in [-0.1, -0.05) is 12.1 Å². The lowest BCUT2D eigenvalue weighted by Crippen LogP contribution is -2.38. The molecule has 1 aromatic heterocycles.